The smallest absolute Gasteiger partial charge is 0.155 e. The van der Waals surface area contributed by atoms with Gasteiger partial charge in [-0.05, 0) is 32.9 Å². The Balaban J connectivity index is 2.91. The van der Waals surface area contributed by atoms with Crippen LogP contribution in [0.4, 0.5) is 0 Å². The fraction of sp³-hybridized carbons (Fsp3) is 0.500. The highest BCUT2D eigenvalue weighted by molar-refractivity contribution is 7.91. The van der Waals surface area contributed by atoms with Crippen molar-refractivity contribution < 1.29 is 23.1 Å². The zero-order valence-corrected chi connectivity index (χ0v) is 13.5. The van der Waals surface area contributed by atoms with Gasteiger partial charge in [0.05, 0.1) is 23.8 Å². The quantitative estimate of drug-likeness (QED) is 0.473. The van der Waals surface area contributed by atoms with E-state index in [1.165, 1.54) is 7.11 Å². The van der Waals surface area contributed by atoms with E-state index in [9.17, 15) is 8.42 Å². The molecule has 0 aliphatic carbocycles. The van der Waals surface area contributed by atoms with Gasteiger partial charge in [0.1, 0.15) is 18.1 Å². The number of nitrogens with zero attached hydrogens (tertiary/aromatic N) is 1. The number of methoxy groups -OCH3 is 1. The molecule has 0 aliphatic heterocycles. The van der Waals surface area contributed by atoms with Gasteiger partial charge in [0, 0.05) is 11.6 Å². The molecule has 0 saturated heterocycles. The first-order valence-electron chi connectivity index (χ1n) is 6.53. The molecule has 0 unspecified atom stereocenters. The normalized spacial score (nSPS) is 12.5. The number of benzene rings is 1. The first-order chi connectivity index (χ1) is 9.81. The van der Waals surface area contributed by atoms with Crippen LogP contribution in [0, 0.1) is 0 Å². The van der Waals surface area contributed by atoms with Crippen LogP contribution >= 0.6 is 0 Å². The summed E-state index contributed by atoms with van der Waals surface area (Å²) in [5.74, 6) is 0.922. The molecule has 0 heterocycles. The molecule has 0 bridgehead atoms. The zero-order valence-electron chi connectivity index (χ0n) is 12.7. The number of oxime groups is 1. The van der Waals surface area contributed by atoms with Crippen LogP contribution in [-0.2, 0) is 9.84 Å². The SMILES string of the molecule is COc1ccc(/C(C)=N/O)c(OCCS(=O)(=O)C(C)C)c1. The maximum Gasteiger partial charge on any atom is 0.155 e. The molecule has 0 amide bonds. The van der Waals surface area contributed by atoms with E-state index in [-0.39, 0.29) is 12.4 Å². The van der Waals surface area contributed by atoms with Crippen LogP contribution in [0.2, 0.25) is 0 Å². The fourth-order valence-electron chi connectivity index (χ4n) is 1.61. The van der Waals surface area contributed by atoms with Crippen molar-refractivity contribution in [2.75, 3.05) is 19.5 Å². The Labute approximate surface area is 125 Å². The zero-order chi connectivity index (χ0) is 16.0. The first-order valence-corrected chi connectivity index (χ1v) is 8.24. The van der Waals surface area contributed by atoms with E-state index in [2.05, 4.69) is 5.16 Å². The van der Waals surface area contributed by atoms with Crippen LogP contribution in [-0.4, -0.2) is 44.1 Å². The summed E-state index contributed by atoms with van der Waals surface area (Å²) in [5, 5.41) is 11.6. The Bertz CT molecular complexity index is 608. The Hall–Kier alpha value is -1.76. The molecule has 1 rings (SSSR count). The third-order valence-electron chi connectivity index (χ3n) is 3.07. The summed E-state index contributed by atoms with van der Waals surface area (Å²) in [6, 6.07) is 5.04. The highest BCUT2D eigenvalue weighted by atomic mass is 32.2. The molecule has 1 N–H and O–H groups in total. The molecule has 7 heteroatoms. The van der Waals surface area contributed by atoms with Gasteiger partial charge in [-0.2, -0.15) is 0 Å². The van der Waals surface area contributed by atoms with Crippen molar-refractivity contribution in [3.05, 3.63) is 23.8 Å². The largest absolute Gasteiger partial charge is 0.497 e. The molecule has 0 aromatic heterocycles. The molecule has 0 saturated carbocycles. The molecule has 1 aromatic carbocycles. The first kappa shape index (κ1) is 17.3. The fourth-order valence-corrected chi connectivity index (χ4v) is 2.39. The van der Waals surface area contributed by atoms with Crippen LogP contribution in [0.3, 0.4) is 0 Å². The van der Waals surface area contributed by atoms with Crippen LogP contribution in [0.1, 0.15) is 26.3 Å². The van der Waals surface area contributed by atoms with Gasteiger partial charge in [-0.3, -0.25) is 0 Å². The minimum absolute atomic E-state index is 0.0272. The Morgan fingerprint density at radius 3 is 2.57 bits per heavy atom. The van der Waals surface area contributed by atoms with Crippen molar-refractivity contribution in [2.45, 2.75) is 26.0 Å². The van der Waals surface area contributed by atoms with Crippen molar-refractivity contribution in [1.29, 1.82) is 0 Å². The van der Waals surface area contributed by atoms with Crippen LogP contribution in [0.25, 0.3) is 0 Å². The van der Waals surface area contributed by atoms with E-state index in [0.717, 1.165) is 0 Å². The Morgan fingerprint density at radius 2 is 2.05 bits per heavy atom. The Morgan fingerprint density at radius 1 is 1.38 bits per heavy atom. The number of rotatable bonds is 7. The number of hydrogen-bond donors (Lipinski definition) is 1. The van der Waals surface area contributed by atoms with Gasteiger partial charge in [-0.1, -0.05) is 5.16 Å². The molecular weight excluding hydrogens is 294 g/mol. The standard InChI is InChI=1S/C14H21NO5S/c1-10(2)21(17,18)8-7-20-14-9-12(19-4)5-6-13(14)11(3)15-16/h5-6,9-10,16H,7-8H2,1-4H3/b15-11+. The Kier molecular flexibility index (Phi) is 6.02. The lowest BCUT2D eigenvalue weighted by atomic mass is 10.1. The van der Waals surface area contributed by atoms with Gasteiger partial charge < -0.3 is 14.7 Å². The van der Waals surface area contributed by atoms with Crippen molar-refractivity contribution >= 4 is 15.5 Å². The monoisotopic (exact) mass is 315 g/mol. The van der Waals surface area contributed by atoms with Gasteiger partial charge >= 0.3 is 0 Å². The van der Waals surface area contributed by atoms with Crippen LogP contribution < -0.4 is 9.47 Å². The third kappa shape index (κ3) is 4.63. The van der Waals surface area contributed by atoms with Gasteiger partial charge in [-0.15, -0.1) is 0 Å². The summed E-state index contributed by atoms with van der Waals surface area (Å²) >= 11 is 0. The summed E-state index contributed by atoms with van der Waals surface area (Å²) < 4.78 is 34.1. The van der Waals surface area contributed by atoms with Crippen molar-refractivity contribution in [2.24, 2.45) is 5.16 Å². The topological polar surface area (TPSA) is 85.2 Å². The number of ether oxygens (including phenoxy) is 2. The molecule has 1 aromatic rings. The summed E-state index contributed by atoms with van der Waals surface area (Å²) in [4.78, 5) is 0. The summed E-state index contributed by atoms with van der Waals surface area (Å²) in [5.41, 5.74) is 0.958. The van der Waals surface area contributed by atoms with Crippen LogP contribution in [0.5, 0.6) is 11.5 Å². The predicted molar refractivity (Wildman–Crippen MR) is 81.4 cm³/mol. The molecule has 0 aliphatic rings. The van der Waals surface area contributed by atoms with E-state index >= 15 is 0 Å². The average molecular weight is 315 g/mol. The highest BCUT2D eigenvalue weighted by Gasteiger charge is 2.17. The second kappa shape index (κ2) is 7.31. The van der Waals surface area contributed by atoms with E-state index < -0.39 is 15.1 Å². The third-order valence-corrected chi connectivity index (χ3v) is 5.24. The minimum Gasteiger partial charge on any atom is -0.497 e. The summed E-state index contributed by atoms with van der Waals surface area (Å²) in [7, 11) is -1.64. The summed E-state index contributed by atoms with van der Waals surface area (Å²) in [6.45, 7) is 4.92. The van der Waals surface area contributed by atoms with Gasteiger partial charge in [0.15, 0.2) is 9.84 Å². The van der Waals surface area contributed by atoms with Crippen molar-refractivity contribution in [3.8, 4) is 11.5 Å². The molecule has 0 spiro atoms. The number of hydrogen-bond acceptors (Lipinski definition) is 6. The lowest BCUT2D eigenvalue weighted by Gasteiger charge is -2.13. The second-order valence-electron chi connectivity index (χ2n) is 4.81. The van der Waals surface area contributed by atoms with Crippen LogP contribution in [0.15, 0.2) is 23.4 Å². The minimum atomic E-state index is -3.16. The van der Waals surface area contributed by atoms with Gasteiger partial charge in [-0.25, -0.2) is 8.42 Å². The lowest BCUT2D eigenvalue weighted by Crippen LogP contribution is -2.22. The molecular formula is C14H21NO5S. The highest BCUT2D eigenvalue weighted by Crippen LogP contribution is 2.25. The second-order valence-corrected chi connectivity index (χ2v) is 7.49. The van der Waals surface area contributed by atoms with Gasteiger partial charge in [0.2, 0.25) is 0 Å². The molecule has 6 nitrogen and oxygen atoms in total. The van der Waals surface area contributed by atoms with Gasteiger partial charge in [0.25, 0.3) is 0 Å². The average Bonchev–Trinajstić information content (AvgIpc) is 2.45. The van der Waals surface area contributed by atoms with E-state index in [0.29, 0.717) is 22.8 Å². The molecule has 21 heavy (non-hydrogen) atoms. The maximum atomic E-state index is 11.8. The van der Waals surface area contributed by atoms with Crippen molar-refractivity contribution in [3.63, 3.8) is 0 Å². The predicted octanol–water partition coefficient (Wildman–Crippen LogP) is 2.10. The van der Waals surface area contributed by atoms with E-state index in [1.807, 2.05) is 0 Å². The molecule has 118 valence electrons. The van der Waals surface area contributed by atoms with Crippen molar-refractivity contribution in [1.82, 2.24) is 0 Å². The maximum absolute atomic E-state index is 11.8. The molecule has 0 radical (unpaired) electrons. The lowest BCUT2D eigenvalue weighted by molar-refractivity contribution is 0.317. The molecule has 0 atom stereocenters. The molecule has 0 fully saturated rings. The number of sulfone groups is 1. The van der Waals surface area contributed by atoms with E-state index in [1.54, 1.807) is 39.0 Å². The van der Waals surface area contributed by atoms with E-state index in [4.69, 9.17) is 14.7 Å². The summed E-state index contributed by atoms with van der Waals surface area (Å²) in [6.07, 6.45) is 0.